The Kier molecular flexibility index (Phi) is 4.30. The fourth-order valence-electron chi connectivity index (χ4n) is 1.94. The number of hydrogen-bond donors (Lipinski definition) is 1. The predicted molar refractivity (Wildman–Crippen MR) is 79.8 cm³/mol. The minimum absolute atomic E-state index is 0.134. The fraction of sp³-hybridized carbons (Fsp3) is 0.429. The van der Waals surface area contributed by atoms with Crippen molar-refractivity contribution < 1.29 is 14.3 Å². The number of carbonyl (C=O) groups is 2. The number of carbonyl (C=O) groups excluding carboxylic acids is 2. The zero-order valence-corrected chi connectivity index (χ0v) is 13.2. The molecule has 0 aliphatic heterocycles. The van der Waals surface area contributed by atoms with Gasteiger partial charge in [-0.15, -0.1) is 0 Å². The monoisotopic (exact) mass is 305 g/mol. The van der Waals surface area contributed by atoms with E-state index in [1.54, 1.807) is 24.9 Å². The van der Waals surface area contributed by atoms with Crippen LogP contribution in [0.1, 0.15) is 46.4 Å². The van der Waals surface area contributed by atoms with Gasteiger partial charge >= 0.3 is 5.97 Å². The first-order chi connectivity index (χ1) is 10.3. The van der Waals surface area contributed by atoms with Crippen molar-refractivity contribution in [3.05, 3.63) is 29.2 Å². The maximum atomic E-state index is 12.3. The zero-order valence-electron chi connectivity index (χ0n) is 13.2. The maximum Gasteiger partial charge on any atom is 0.358 e. The third kappa shape index (κ3) is 3.00. The number of ether oxygens (including phenoxy) is 1. The number of amides is 1. The van der Waals surface area contributed by atoms with Crippen LogP contribution in [0.2, 0.25) is 0 Å². The van der Waals surface area contributed by atoms with Gasteiger partial charge in [0.1, 0.15) is 5.82 Å². The van der Waals surface area contributed by atoms with Gasteiger partial charge in [-0.25, -0.2) is 4.79 Å². The minimum atomic E-state index is -0.556. The van der Waals surface area contributed by atoms with Crippen molar-refractivity contribution in [2.45, 2.75) is 26.8 Å². The second kappa shape index (κ2) is 6.00. The van der Waals surface area contributed by atoms with Crippen LogP contribution in [-0.4, -0.2) is 38.5 Å². The molecule has 8 nitrogen and oxygen atoms in total. The van der Waals surface area contributed by atoms with Crippen LogP contribution in [0.5, 0.6) is 0 Å². The molecule has 0 saturated carbocycles. The summed E-state index contributed by atoms with van der Waals surface area (Å²) in [5.74, 6) is -0.453. The van der Waals surface area contributed by atoms with Gasteiger partial charge in [-0.05, 0) is 20.8 Å². The van der Waals surface area contributed by atoms with Crippen LogP contribution < -0.4 is 5.32 Å². The van der Waals surface area contributed by atoms with E-state index in [0.717, 1.165) is 0 Å². The molecular weight excluding hydrogens is 286 g/mol. The molecular formula is C14H19N5O3. The Hall–Kier alpha value is -2.64. The number of anilines is 1. The van der Waals surface area contributed by atoms with Crippen molar-refractivity contribution in [1.82, 2.24) is 19.6 Å². The van der Waals surface area contributed by atoms with E-state index in [0.29, 0.717) is 17.1 Å². The molecule has 0 unspecified atom stereocenters. The van der Waals surface area contributed by atoms with Gasteiger partial charge in [0.15, 0.2) is 5.69 Å². The maximum absolute atomic E-state index is 12.3. The van der Waals surface area contributed by atoms with Crippen LogP contribution >= 0.6 is 0 Å². The van der Waals surface area contributed by atoms with E-state index < -0.39 is 5.97 Å². The molecule has 1 N–H and O–H groups in total. The first-order valence-corrected chi connectivity index (χ1v) is 6.83. The van der Waals surface area contributed by atoms with E-state index in [-0.39, 0.29) is 17.6 Å². The van der Waals surface area contributed by atoms with Gasteiger partial charge in [0.2, 0.25) is 0 Å². The summed E-state index contributed by atoms with van der Waals surface area (Å²) in [4.78, 5) is 23.8. The lowest BCUT2D eigenvalue weighted by molar-refractivity contribution is 0.0593. The Morgan fingerprint density at radius 1 is 1.32 bits per heavy atom. The average Bonchev–Trinajstić information content (AvgIpc) is 3.02. The summed E-state index contributed by atoms with van der Waals surface area (Å²) in [6, 6.07) is 1.63. The molecule has 118 valence electrons. The number of rotatable bonds is 4. The third-order valence-electron chi connectivity index (χ3n) is 3.21. The Morgan fingerprint density at radius 3 is 2.55 bits per heavy atom. The Balaban J connectivity index is 2.22. The molecule has 2 aromatic rings. The lowest BCUT2D eigenvalue weighted by Crippen LogP contribution is -2.15. The van der Waals surface area contributed by atoms with Crippen LogP contribution in [0.25, 0.3) is 0 Å². The van der Waals surface area contributed by atoms with Gasteiger partial charge in [-0.1, -0.05) is 0 Å². The van der Waals surface area contributed by atoms with Gasteiger partial charge < -0.3 is 10.1 Å². The molecule has 0 atom stereocenters. The second-order valence-corrected chi connectivity index (χ2v) is 5.19. The predicted octanol–water partition coefficient (Wildman–Crippen LogP) is 1.54. The lowest BCUT2D eigenvalue weighted by atomic mass is 10.2. The minimum Gasteiger partial charge on any atom is -0.464 e. The Morgan fingerprint density at radius 2 is 2.00 bits per heavy atom. The summed E-state index contributed by atoms with van der Waals surface area (Å²) >= 11 is 0. The van der Waals surface area contributed by atoms with Crippen molar-refractivity contribution in [2.75, 3.05) is 12.4 Å². The Labute approximate surface area is 128 Å². The quantitative estimate of drug-likeness (QED) is 0.865. The molecule has 0 spiro atoms. The highest BCUT2D eigenvalue weighted by Gasteiger charge is 2.18. The molecule has 22 heavy (non-hydrogen) atoms. The molecule has 2 aromatic heterocycles. The molecule has 0 saturated heterocycles. The van der Waals surface area contributed by atoms with Gasteiger partial charge in [0.25, 0.3) is 5.91 Å². The summed E-state index contributed by atoms with van der Waals surface area (Å²) in [5.41, 5.74) is 1.26. The number of aryl methyl sites for hydroxylation is 2. The fourth-order valence-corrected chi connectivity index (χ4v) is 1.94. The van der Waals surface area contributed by atoms with Crippen molar-refractivity contribution in [2.24, 2.45) is 7.05 Å². The highest BCUT2D eigenvalue weighted by atomic mass is 16.5. The molecule has 0 aliphatic rings. The number of nitrogens with one attached hydrogen (secondary N) is 1. The van der Waals surface area contributed by atoms with E-state index >= 15 is 0 Å². The van der Waals surface area contributed by atoms with Crippen LogP contribution in [0.15, 0.2) is 12.3 Å². The first-order valence-electron chi connectivity index (χ1n) is 6.83. The van der Waals surface area contributed by atoms with Gasteiger partial charge in [-0.3, -0.25) is 14.2 Å². The molecule has 1 amide bonds. The van der Waals surface area contributed by atoms with Crippen LogP contribution in [-0.2, 0) is 11.8 Å². The topological polar surface area (TPSA) is 91.0 Å². The van der Waals surface area contributed by atoms with E-state index in [4.69, 9.17) is 0 Å². The van der Waals surface area contributed by atoms with Crippen molar-refractivity contribution in [1.29, 1.82) is 0 Å². The van der Waals surface area contributed by atoms with Gasteiger partial charge in [-0.2, -0.15) is 10.2 Å². The lowest BCUT2D eigenvalue weighted by Gasteiger charge is -2.04. The van der Waals surface area contributed by atoms with Gasteiger partial charge in [0.05, 0.1) is 18.4 Å². The highest BCUT2D eigenvalue weighted by molar-refractivity contribution is 6.04. The van der Waals surface area contributed by atoms with E-state index in [1.807, 2.05) is 13.8 Å². The number of methoxy groups -OCH3 is 1. The second-order valence-electron chi connectivity index (χ2n) is 5.19. The SMILES string of the molecule is COC(=O)c1cc(NC(=O)c2cn(C(C)C)nc2C)n(C)n1. The van der Waals surface area contributed by atoms with Crippen molar-refractivity contribution >= 4 is 17.7 Å². The third-order valence-corrected chi connectivity index (χ3v) is 3.21. The summed E-state index contributed by atoms with van der Waals surface area (Å²) < 4.78 is 7.74. The summed E-state index contributed by atoms with van der Waals surface area (Å²) in [5, 5.41) is 11.0. The number of hydrogen-bond acceptors (Lipinski definition) is 5. The van der Waals surface area contributed by atoms with Gasteiger partial charge in [0, 0.05) is 25.4 Å². The van der Waals surface area contributed by atoms with Crippen molar-refractivity contribution in [3.63, 3.8) is 0 Å². The largest absolute Gasteiger partial charge is 0.464 e. The van der Waals surface area contributed by atoms with Crippen LogP contribution in [0, 0.1) is 6.92 Å². The zero-order chi connectivity index (χ0) is 16.4. The normalized spacial score (nSPS) is 10.8. The highest BCUT2D eigenvalue weighted by Crippen LogP contribution is 2.15. The molecule has 0 radical (unpaired) electrons. The summed E-state index contributed by atoms with van der Waals surface area (Å²) in [7, 11) is 2.91. The van der Waals surface area contributed by atoms with E-state index in [2.05, 4.69) is 20.3 Å². The number of esters is 1. The van der Waals surface area contributed by atoms with E-state index in [1.165, 1.54) is 17.9 Å². The number of aromatic nitrogens is 4. The standard InChI is InChI=1S/C14H19N5O3/c1-8(2)19-7-10(9(3)16-19)13(20)15-12-6-11(14(21)22-5)17-18(12)4/h6-8H,1-5H3,(H,15,20). The molecule has 0 bridgehead atoms. The smallest absolute Gasteiger partial charge is 0.358 e. The Bertz CT molecular complexity index is 714. The number of nitrogens with zero attached hydrogens (tertiary/aromatic N) is 4. The average molecular weight is 305 g/mol. The molecule has 0 aliphatic carbocycles. The first kappa shape index (κ1) is 15.7. The van der Waals surface area contributed by atoms with Crippen molar-refractivity contribution in [3.8, 4) is 0 Å². The van der Waals surface area contributed by atoms with Crippen LogP contribution in [0.4, 0.5) is 5.82 Å². The molecule has 2 rings (SSSR count). The van der Waals surface area contributed by atoms with Crippen LogP contribution in [0.3, 0.4) is 0 Å². The summed E-state index contributed by atoms with van der Waals surface area (Å²) in [6.07, 6.45) is 1.70. The molecule has 0 aromatic carbocycles. The molecule has 2 heterocycles. The molecule has 8 heteroatoms. The summed E-state index contributed by atoms with van der Waals surface area (Å²) in [6.45, 7) is 5.74. The molecule has 0 fully saturated rings. The van der Waals surface area contributed by atoms with E-state index in [9.17, 15) is 9.59 Å².